The van der Waals surface area contributed by atoms with Crippen LogP contribution in [0.1, 0.15) is 52.0 Å². The van der Waals surface area contributed by atoms with Crippen molar-refractivity contribution >= 4 is 0 Å². The van der Waals surface area contributed by atoms with Gasteiger partial charge in [0, 0.05) is 26.2 Å². The number of nitrogens with zero attached hydrogens (tertiary/aromatic N) is 1. The maximum absolute atomic E-state index is 6.20. The largest absolute Gasteiger partial charge is 0.492 e. The molecule has 6 nitrogen and oxygen atoms in total. The number of para-hydroxylation sites is 3. The number of unbranched alkanes of at least 4 members (excludes halogenated alkanes) is 1. The van der Waals surface area contributed by atoms with E-state index in [1.165, 1.54) is 18.4 Å². The van der Waals surface area contributed by atoms with Crippen molar-refractivity contribution in [3.05, 3.63) is 54.1 Å². The van der Waals surface area contributed by atoms with Crippen LogP contribution in [0.5, 0.6) is 17.2 Å². The minimum atomic E-state index is 0.569. The van der Waals surface area contributed by atoms with Crippen LogP contribution in [0.2, 0.25) is 0 Å². The van der Waals surface area contributed by atoms with E-state index in [1.807, 2.05) is 30.3 Å². The Morgan fingerprint density at radius 1 is 0.528 bits per heavy atom. The zero-order valence-corrected chi connectivity index (χ0v) is 22.7. The molecule has 0 aliphatic rings. The summed E-state index contributed by atoms with van der Waals surface area (Å²) in [7, 11) is 0. The second-order valence-electron chi connectivity index (χ2n) is 8.77. The normalized spacial score (nSPS) is 11.1. The Balaban J connectivity index is 1.85. The summed E-state index contributed by atoms with van der Waals surface area (Å²) in [5, 5.41) is 0. The highest BCUT2D eigenvalue weighted by Crippen LogP contribution is 2.26. The van der Waals surface area contributed by atoms with Gasteiger partial charge in [0.1, 0.15) is 19.0 Å². The molecule has 2 aromatic rings. The van der Waals surface area contributed by atoms with Gasteiger partial charge in [-0.3, -0.25) is 4.90 Å². The maximum atomic E-state index is 6.20. The van der Waals surface area contributed by atoms with E-state index in [-0.39, 0.29) is 0 Å². The van der Waals surface area contributed by atoms with Gasteiger partial charge in [0.15, 0.2) is 11.5 Å². The Bertz CT molecular complexity index is 743. The van der Waals surface area contributed by atoms with Gasteiger partial charge in [0.25, 0.3) is 0 Å². The van der Waals surface area contributed by atoms with Crippen molar-refractivity contribution in [2.75, 3.05) is 65.9 Å². The number of ether oxygens (including phenoxy) is 5. The van der Waals surface area contributed by atoms with E-state index in [0.717, 1.165) is 62.8 Å². The maximum Gasteiger partial charge on any atom is 0.161 e. The summed E-state index contributed by atoms with van der Waals surface area (Å²) >= 11 is 0. The number of rotatable bonds is 22. The smallest absolute Gasteiger partial charge is 0.161 e. The average molecular weight is 502 g/mol. The Hall–Kier alpha value is -2.28. The van der Waals surface area contributed by atoms with Gasteiger partial charge >= 0.3 is 0 Å². The van der Waals surface area contributed by atoms with E-state index < -0.39 is 0 Å². The third-order valence-corrected chi connectivity index (χ3v) is 5.69. The molecule has 0 fully saturated rings. The molecule has 2 aromatic carbocycles. The van der Waals surface area contributed by atoms with Gasteiger partial charge in [-0.15, -0.1) is 0 Å². The predicted molar refractivity (Wildman–Crippen MR) is 147 cm³/mol. The van der Waals surface area contributed by atoms with E-state index in [2.05, 4.69) is 43.9 Å². The molecule has 0 aliphatic heterocycles. The lowest BCUT2D eigenvalue weighted by Crippen LogP contribution is -2.35. The molecule has 0 radical (unpaired) electrons. The molecule has 202 valence electrons. The number of aryl methyl sites for hydroxylation is 1. The Morgan fingerprint density at radius 3 is 1.69 bits per heavy atom. The molecule has 0 aromatic heterocycles. The minimum absolute atomic E-state index is 0.569. The molecule has 2 rings (SSSR count). The topological polar surface area (TPSA) is 49.4 Å². The predicted octanol–water partition coefficient (Wildman–Crippen LogP) is 6.02. The Labute approximate surface area is 218 Å². The summed E-state index contributed by atoms with van der Waals surface area (Å²) in [6.07, 6.45) is 5.40. The lowest BCUT2D eigenvalue weighted by molar-refractivity contribution is 0.0359. The Kier molecular flexibility index (Phi) is 16.5. The highest BCUT2D eigenvalue weighted by Gasteiger charge is 2.10. The first kappa shape index (κ1) is 29.9. The van der Waals surface area contributed by atoms with Crippen molar-refractivity contribution < 1.29 is 23.7 Å². The highest BCUT2D eigenvalue weighted by molar-refractivity contribution is 5.39. The van der Waals surface area contributed by atoms with E-state index in [4.69, 9.17) is 23.7 Å². The van der Waals surface area contributed by atoms with Crippen LogP contribution in [0, 0.1) is 0 Å². The summed E-state index contributed by atoms with van der Waals surface area (Å²) in [6, 6.07) is 16.2. The van der Waals surface area contributed by atoms with Crippen LogP contribution in [0.3, 0.4) is 0 Å². The van der Waals surface area contributed by atoms with Crippen LogP contribution in [-0.4, -0.2) is 70.8 Å². The summed E-state index contributed by atoms with van der Waals surface area (Å²) in [6.45, 7) is 13.4. The van der Waals surface area contributed by atoms with Crippen molar-refractivity contribution in [2.24, 2.45) is 0 Å². The number of benzene rings is 2. The molecule has 0 bridgehead atoms. The molecule has 0 spiro atoms. The first-order valence-electron chi connectivity index (χ1n) is 13.7. The van der Waals surface area contributed by atoms with Crippen molar-refractivity contribution in [3.63, 3.8) is 0 Å². The Morgan fingerprint density at radius 2 is 1.06 bits per heavy atom. The average Bonchev–Trinajstić information content (AvgIpc) is 2.91. The van der Waals surface area contributed by atoms with Gasteiger partial charge in [0.2, 0.25) is 0 Å². The van der Waals surface area contributed by atoms with Gasteiger partial charge in [0.05, 0.1) is 26.4 Å². The second-order valence-corrected chi connectivity index (χ2v) is 8.77. The number of hydrogen-bond donors (Lipinski definition) is 0. The van der Waals surface area contributed by atoms with Crippen molar-refractivity contribution in [1.82, 2.24) is 4.90 Å². The van der Waals surface area contributed by atoms with Crippen LogP contribution in [0.4, 0.5) is 0 Å². The standard InChI is InChI=1S/C30H47NO5/c1-4-7-12-27-13-8-9-14-28(27)35-23-18-31(17-22-33-26-25-32-20-5-2)19-24-36-30-16-11-10-15-29(30)34-21-6-3/h8-11,13-16H,4-7,12,17-26H2,1-3H3. The molecule has 0 atom stereocenters. The molecule has 0 saturated heterocycles. The third kappa shape index (κ3) is 12.6. The third-order valence-electron chi connectivity index (χ3n) is 5.69. The molecule has 0 aliphatic carbocycles. The molecule has 0 unspecified atom stereocenters. The minimum Gasteiger partial charge on any atom is -0.492 e. The summed E-state index contributed by atoms with van der Waals surface area (Å²) < 4.78 is 29.4. The SMILES string of the molecule is CCCCc1ccccc1OCCN(CCOCCOCCC)CCOc1ccccc1OCCC. The molecular formula is C30H47NO5. The molecule has 0 amide bonds. The fourth-order valence-corrected chi connectivity index (χ4v) is 3.68. The first-order valence-corrected chi connectivity index (χ1v) is 13.7. The highest BCUT2D eigenvalue weighted by atomic mass is 16.5. The fourth-order valence-electron chi connectivity index (χ4n) is 3.68. The van der Waals surface area contributed by atoms with Gasteiger partial charge < -0.3 is 23.7 Å². The first-order chi connectivity index (χ1) is 17.8. The van der Waals surface area contributed by atoms with Gasteiger partial charge in [-0.25, -0.2) is 0 Å². The van der Waals surface area contributed by atoms with Gasteiger partial charge in [-0.2, -0.15) is 0 Å². The molecule has 0 saturated carbocycles. The molecule has 0 heterocycles. The van der Waals surface area contributed by atoms with E-state index >= 15 is 0 Å². The van der Waals surface area contributed by atoms with E-state index in [1.54, 1.807) is 0 Å². The van der Waals surface area contributed by atoms with Gasteiger partial charge in [-0.1, -0.05) is 57.5 Å². The monoisotopic (exact) mass is 501 g/mol. The quantitative estimate of drug-likeness (QED) is 0.184. The number of hydrogen-bond acceptors (Lipinski definition) is 6. The van der Waals surface area contributed by atoms with Crippen molar-refractivity contribution in [1.29, 1.82) is 0 Å². The summed E-state index contributed by atoms with van der Waals surface area (Å²) in [5.41, 5.74) is 1.29. The van der Waals surface area contributed by atoms with Crippen LogP contribution < -0.4 is 14.2 Å². The lowest BCUT2D eigenvalue weighted by atomic mass is 10.1. The molecule has 6 heteroatoms. The van der Waals surface area contributed by atoms with Crippen molar-refractivity contribution in [3.8, 4) is 17.2 Å². The van der Waals surface area contributed by atoms with E-state index in [0.29, 0.717) is 39.6 Å². The molecule has 0 N–H and O–H groups in total. The zero-order valence-electron chi connectivity index (χ0n) is 22.7. The zero-order chi connectivity index (χ0) is 25.7. The molecular weight excluding hydrogens is 454 g/mol. The van der Waals surface area contributed by atoms with Crippen LogP contribution >= 0.6 is 0 Å². The lowest BCUT2D eigenvalue weighted by Gasteiger charge is -2.23. The van der Waals surface area contributed by atoms with E-state index in [9.17, 15) is 0 Å². The fraction of sp³-hybridized carbons (Fsp3) is 0.600. The van der Waals surface area contributed by atoms with Crippen LogP contribution in [-0.2, 0) is 15.9 Å². The van der Waals surface area contributed by atoms with Crippen molar-refractivity contribution in [2.45, 2.75) is 52.9 Å². The van der Waals surface area contributed by atoms with Gasteiger partial charge in [-0.05, 0) is 49.4 Å². The molecule has 36 heavy (non-hydrogen) atoms. The second kappa shape index (κ2) is 19.9. The van der Waals surface area contributed by atoms with Crippen LogP contribution in [0.15, 0.2) is 48.5 Å². The summed E-state index contributed by atoms with van der Waals surface area (Å²) in [5.74, 6) is 2.58. The van der Waals surface area contributed by atoms with Crippen LogP contribution in [0.25, 0.3) is 0 Å². The summed E-state index contributed by atoms with van der Waals surface area (Å²) in [4.78, 5) is 2.33.